The highest BCUT2D eigenvalue weighted by atomic mass is 35.5. The molecule has 2 atom stereocenters. The van der Waals surface area contributed by atoms with Crippen LogP contribution in [0.1, 0.15) is 43.5 Å². The molecule has 1 aromatic carbocycles. The number of carboxylic acids is 1. The van der Waals surface area contributed by atoms with Gasteiger partial charge in [0.25, 0.3) is 5.91 Å². The third-order valence-electron chi connectivity index (χ3n) is 3.26. The summed E-state index contributed by atoms with van der Waals surface area (Å²) in [7, 11) is 0. The molecule has 0 bridgehead atoms. The van der Waals surface area contributed by atoms with Crippen LogP contribution in [-0.4, -0.2) is 23.0 Å². The lowest BCUT2D eigenvalue weighted by molar-refractivity contribution is -0.141. The van der Waals surface area contributed by atoms with E-state index in [-0.39, 0.29) is 17.9 Å². The van der Waals surface area contributed by atoms with Crippen LogP contribution in [0.25, 0.3) is 0 Å². The van der Waals surface area contributed by atoms with Crippen molar-refractivity contribution in [2.75, 3.05) is 5.73 Å². The number of hydrogen-bond acceptors (Lipinski definition) is 3. The van der Waals surface area contributed by atoms with Crippen LogP contribution in [0.3, 0.4) is 0 Å². The molecule has 4 N–H and O–H groups in total. The molecule has 6 heteroatoms. The molecule has 1 rings (SSSR count). The normalized spacial score (nSPS) is 13.5. The standard InChI is InChI=1S/C15H21ClN2O3/c1-9(15(20)21)4-3-5-10(2)18-14(19)11-6-12(16)8-13(17)7-11/h6-10H,3-5,17H2,1-2H3,(H,18,19)(H,20,21). The van der Waals surface area contributed by atoms with Crippen LogP contribution in [0.2, 0.25) is 5.02 Å². The van der Waals surface area contributed by atoms with Gasteiger partial charge in [-0.2, -0.15) is 0 Å². The summed E-state index contributed by atoms with van der Waals surface area (Å²) in [5.74, 6) is -1.38. The summed E-state index contributed by atoms with van der Waals surface area (Å²) in [6.45, 7) is 3.57. The molecule has 0 aliphatic rings. The number of hydrogen-bond donors (Lipinski definition) is 3. The van der Waals surface area contributed by atoms with E-state index in [1.165, 1.54) is 0 Å². The number of halogens is 1. The number of carbonyl (C=O) groups excluding carboxylic acids is 1. The molecule has 21 heavy (non-hydrogen) atoms. The third kappa shape index (κ3) is 6.04. The molecule has 0 saturated carbocycles. The summed E-state index contributed by atoms with van der Waals surface area (Å²) >= 11 is 5.86. The van der Waals surface area contributed by atoms with Gasteiger partial charge < -0.3 is 16.2 Å². The van der Waals surface area contributed by atoms with Gasteiger partial charge in [0.05, 0.1) is 5.92 Å². The summed E-state index contributed by atoms with van der Waals surface area (Å²) in [4.78, 5) is 22.8. The first-order valence-corrected chi connectivity index (χ1v) is 7.27. The second-order valence-electron chi connectivity index (χ2n) is 5.32. The fourth-order valence-corrected chi connectivity index (χ4v) is 2.22. The molecular weight excluding hydrogens is 292 g/mol. The maximum Gasteiger partial charge on any atom is 0.306 e. The van der Waals surface area contributed by atoms with Gasteiger partial charge in [0.1, 0.15) is 0 Å². The minimum absolute atomic E-state index is 0.0429. The SMILES string of the molecule is CC(CCCC(C)C(=O)O)NC(=O)c1cc(N)cc(Cl)c1. The predicted octanol–water partition coefficient (Wildman–Crippen LogP) is 2.93. The van der Waals surface area contributed by atoms with Crippen LogP contribution >= 0.6 is 11.6 Å². The largest absolute Gasteiger partial charge is 0.481 e. The van der Waals surface area contributed by atoms with Crippen molar-refractivity contribution in [2.24, 2.45) is 5.92 Å². The van der Waals surface area contributed by atoms with E-state index in [9.17, 15) is 9.59 Å². The van der Waals surface area contributed by atoms with E-state index in [1.54, 1.807) is 25.1 Å². The first-order valence-electron chi connectivity index (χ1n) is 6.89. The Hall–Kier alpha value is -1.75. The van der Waals surface area contributed by atoms with Crippen molar-refractivity contribution in [1.29, 1.82) is 0 Å². The van der Waals surface area contributed by atoms with Crippen molar-refractivity contribution in [1.82, 2.24) is 5.32 Å². The van der Waals surface area contributed by atoms with Crippen molar-refractivity contribution in [2.45, 2.75) is 39.2 Å². The number of anilines is 1. The van der Waals surface area contributed by atoms with Gasteiger partial charge in [0, 0.05) is 22.3 Å². The smallest absolute Gasteiger partial charge is 0.306 e. The fourth-order valence-electron chi connectivity index (χ4n) is 1.98. The lowest BCUT2D eigenvalue weighted by atomic mass is 10.0. The summed E-state index contributed by atoms with van der Waals surface area (Å²) < 4.78 is 0. The number of nitrogens with one attached hydrogen (secondary N) is 1. The molecule has 0 saturated heterocycles. The van der Waals surface area contributed by atoms with E-state index in [0.29, 0.717) is 22.7 Å². The molecule has 0 aliphatic carbocycles. The number of nitrogen functional groups attached to an aromatic ring is 1. The molecule has 1 aromatic rings. The second-order valence-corrected chi connectivity index (χ2v) is 5.75. The Bertz CT molecular complexity index is 499. The highest BCUT2D eigenvalue weighted by molar-refractivity contribution is 6.31. The number of aliphatic carboxylic acids is 1. The summed E-state index contributed by atoms with van der Waals surface area (Å²) in [6.07, 6.45) is 2.06. The van der Waals surface area contributed by atoms with Crippen LogP contribution < -0.4 is 11.1 Å². The van der Waals surface area contributed by atoms with E-state index in [0.717, 1.165) is 12.8 Å². The monoisotopic (exact) mass is 312 g/mol. The van der Waals surface area contributed by atoms with Gasteiger partial charge in [-0.1, -0.05) is 24.9 Å². The van der Waals surface area contributed by atoms with Crippen molar-refractivity contribution in [3.05, 3.63) is 28.8 Å². The van der Waals surface area contributed by atoms with Crippen LogP contribution in [0.15, 0.2) is 18.2 Å². The molecule has 0 radical (unpaired) electrons. The maximum absolute atomic E-state index is 12.0. The van der Waals surface area contributed by atoms with E-state index >= 15 is 0 Å². The number of carbonyl (C=O) groups is 2. The van der Waals surface area contributed by atoms with Gasteiger partial charge in [-0.15, -0.1) is 0 Å². The van der Waals surface area contributed by atoms with Crippen LogP contribution in [0.5, 0.6) is 0 Å². The second kappa shape index (κ2) is 7.88. The quantitative estimate of drug-likeness (QED) is 0.675. The Morgan fingerprint density at radius 3 is 2.52 bits per heavy atom. The zero-order valence-corrected chi connectivity index (χ0v) is 13.0. The molecule has 0 heterocycles. The Labute approximate surface area is 129 Å². The zero-order chi connectivity index (χ0) is 16.0. The Morgan fingerprint density at radius 1 is 1.29 bits per heavy atom. The van der Waals surface area contributed by atoms with Crippen molar-refractivity contribution in [3.8, 4) is 0 Å². The molecule has 1 amide bonds. The lowest BCUT2D eigenvalue weighted by Gasteiger charge is -2.15. The first kappa shape index (κ1) is 17.3. The third-order valence-corrected chi connectivity index (χ3v) is 3.47. The minimum atomic E-state index is -0.791. The molecule has 116 valence electrons. The molecule has 2 unspecified atom stereocenters. The predicted molar refractivity (Wildman–Crippen MR) is 83.4 cm³/mol. The molecule has 0 aromatic heterocycles. The van der Waals surface area contributed by atoms with E-state index in [4.69, 9.17) is 22.4 Å². The molecule has 0 aliphatic heterocycles. The van der Waals surface area contributed by atoms with E-state index < -0.39 is 5.97 Å². The fraction of sp³-hybridized carbons (Fsp3) is 0.467. The van der Waals surface area contributed by atoms with Crippen LogP contribution in [-0.2, 0) is 4.79 Å². The first-order chi connectivity index (χ1) is 9.79. The van der Waals surface area contributed by atoms with Crippen molar-refractivity contribution >= 4 is 29.2 Å². The number of benzene rings is 1. The Balaban J connectivity index is 2.45. The summed E-state index contributed by atoms with van der Waals surface area (Å²) in [6, 6.07) is 4.67. The van der Waals surface area contributed by atoms with E-state index in [1.807, 2.05) is 6.92 Å². The number of amides is 1. The lowest BCUT2D eigenvalue weighted by Crippen LogP contribution is -2.32. The summed E-state index contributed by atoms with van der Waals surface area (Å²) in [5.41, 5.74) is 6.51. The zero-order valence-electron chi connectivity index (χ0n) is 12.2. The Morgan fingerprint density at radius 2 is 1.95 bits per heavy atom. The van der Waals surface area contributed by atoms with Gasteiger partial charge in [0.15, 0.2) is 0 Å². The Kier molecular flexibility index (Phi) is 6.49. The van der Waals surface area contributed by atoms with Crippen molar-refractivity contribution < 1.29 is 14.7 Å². The van der Waals surface area contributed by atoms with Gasteiger partial charge in [-0.05, 0) is 38.0 Å². The number of rotatable bonds is 7. The van der Waals surface area contributed by atoms with Crippen molar-refractivity contribution in [3.63, 3.8) is 0 Å². The molecule has 0 spiro atoms. The summed E-state index contributed by atoms with van der Waals surface area (Å²) in [5, 5.41) is 12.1. The van der Waals surface area contributed by atoms with Gasteiger partial charge in [0.2, 0.25) is 0 Å². The molecule has 5 nitrogen and oxygen atoms in total. The average molecular weight is 313 g/mol. The number of carboxylic acid groups (broad SMARTS) is 1. The maximum atomic E-state index is 12.0. The topological polar surface area (TPSA) is 92.4 Å². The molecular formula is C15H21ClN2O3. The average Bonchev–Trinajstić information content (AvgIpc) is 2.37. The highest BCUT2D eigenvalue weighted by Crippen LogP contribution is 2.17. The minimum Gasteiger partial charge on any atom is -0.481 e. The van der Waals surface area contributed by atoms with Crippen LogP contribution in [0.4, 0.5) is 5.69 Å². The number of nitrogens with two attached hydrogens (primary N) is 1. The molecule has 0 fully saturated rings. The van der Waals surface area contributed by atoms with E-state index in [2.05, 4.69) is 5.32 Å². The van der Waals surface area contributed by atoms with Gasteiger partial charge >= 0.3 is 5.97 Å². The van der Waals surface area contributed by atoms with Gasteiger partial charge in [-0.25, -0.2) is 0 Å². The van der Waals surface area contributed by atoms with Crippen LogP contribution in [0, 0.1) is 5.92 Å². The highest BCUT2D eigenvalue weighted by Gasteiger charge is 2.13. The van der Waals surface area contributed by atoms with Gasteiger partial charge in [-0.3, -0.25) is 9.59 Å².